The fraction of sp³-hybridized carbons (Fsp3) is 0.429. The maximum Gasteiger partial charge on any atom is 0.339 e. The Hall–Kier alpha value is -2.80. The number of rotatable bonds is 6. The van der Waals surface area contributed by atoms with Gasteiger partial charge in [-0.15, -0.1) is 0 Å². The number of Topliss-reactive ketones (excluding diaryl/α,β-unsaturated/α-hetero) is 1. The Morgan fingerprint density at radius 2 is 1.96 bits per heavy atom. The van der Waals surface area contributed by atoms with Crippen LogP contribution in [0.3, 0.4) is 0 Å². The van der Waals surface area contributed by atoms with E-state index in [2.05, 4.69) is 4.98 Å². The summed E-state index contributed by atoms with van der Waals surface area (Å²) in [4.78, 5) is 29.1. The smallest absolute Gasteiger partial charge is 0.339 e. The van der Waals surface area contributed by atoms with Gasteiger partial charge in [-0.3, -0.25) is 4.79 Å². The van der Waals surface area contributed by atoms with Crippen LogP contribution in [0.5, 0.6) is 11.5 Å². The van der Waals surface area contributed by atoms with Crippen LogP contribution in [0.4, 0.5) is 0 Å². The van der Waals surface area contributed by atoms with E-state index in [0.29, 0.717) is 35.7 Å². The maximum absolute atomic E-state index is 13.0. The molecule has 150 valence electrons. The lowest BCUT2D eigenvalue weighted by molar-refractivity contribution is -0.896. The molecule has 3 atom stereocenters. The van der Waals surface area contributed by atoms with Crippen molar-refractivity contribution in [3.05, 3.63) is 46.8 Å². The number of H-pyrrole nitrogens is 1. The molecule has 0 saturated carbocycles. The van der Waals surface area contributed by atoms with Crippen LogP contribution in [-0.2, 0) is 4.74 Å². The first kappa shape index (κ1) is 19.9. The van der Waals surface area contributed by atoms with E-state index in [9.17, 15) is 9.59 Å². The fourth-order valence-electron chi connectivity index (χ4n) is 3.54. The number of aryl methyl sites for hydroxylation is 1. The van der Waals surface area contributed by atoms with Crippen molar-refractivity contribution < 1.29 is 28.7 Å². The number of hydrogen-bond donors (Lipinski definition) is 2. The van der Waals surface area contributed by atoms with E-state index in [-0.39, 0.29) is 17.9 Å². The molecule has 0 amide bonds. The van der Waals surface area contributed by atoms with Crippen molar-refractivity contribution in [2.45, 2.75) is 32.9 Å². The predicted octanol–water partition coefficient (Wildman–Crippen LogP) is 1.34. The Labute approximate surface area is 164 Å². The second-order valence-electron chi connectivity index (χ2n) is 7.25. The lowest BCUT2D eigenvalue weighted by Crippen LogP contribution is -3.15. The molecule has 0 fully saturated rings. The van der Waals surface area contributed by atoms with Crippen LogP contribution >= 0.6 is 0 Å². The zero-order valence-corrected chi connectivity index (χ0v) is 16.9. The van der Waals surface area contributed by atoms with Gasteiger partial charge in [0, 0.05) is 5.69 Å². The normalized spacial score (nSPS) is 17.7. The van der Waals surface area contributed by atoms with Gasteiger partial charge in [0.1, 0.15) is 19.2 Å². The Morgan fingerprint density at radius 1 is 1.29 bits per heavy atom. The number of quaternary nitrogens is 1. The first-order valence-electron chi connectivity index (χ1n) is 9.36. The molecule has 1 aliphatic heterocycles. The van der Waals surface area contributed by atoms with Crippen LogP contribution in [0.25, 0.3) is 0 Å². The van der Waals surface area contributed by atoms with Crippen LogP contribution in [0.2, 0.25) is 0 Å². The Bertz CT molecular complexity index is 889. The molecule has 7 heteroatoms. The van der Waals surface area contributed by atoms with Crippen LogP contribution in [-0.4, -0.2) is 56.2 Å². The number of benzene rings is 1. The van der Waals surface area contributed by atoms with Crippen molar-refractivity contribution in [1.29, 1.82) is 0 Å². The van der Waals surface area contributed by atoms with Crippen molar-refractivity contribution in [1.82, 2.24) is 4.98 Å². The zero-order valence-electron chi connectivity index (χ0n) is 16.9. The second kappa shape index (κ2) is 8.06. The van der Waals surface area contributed by atoms with E-state index >= 15 is 0 Å². The number of aromatic nitrogens is 1. The molecule has 1 aromatic heterocycles. The third kappa shape index (κ3) is 3.75. The first-order valence-corrected chi connectivity index (χ1v) is 9.36. The first-order chi connectivity index (χ1) is 13.3. The van der Waals surface area contributed by atoms with Gasteiger partial charge in [-0.05, 0) is 38.5 Å². The average molecular weight is 387 g/mol. The summed E-state index contributed by atoms with van der Waals surface area (Å²) in [6.07, 6.45) is -0.137. The van der Waals surface area contributed by atoms with Crippen LogP contribution < -0.4 is 14.4 Å². The fourth-order valence-corrected chi connectivity index (χ4v) is 3.54. The largest absolute Gasteiger partial charge is 0.486 e. The van der Waals surface area contributed by atoms with Crippen molar-refractivity contribution in [3.8, 4) is 11.5 Å². The van der Waals surface area contributed by atoms with Gasteiger partial charge in [0.05, 0.1) is 25.4 Å². The second-order valence-corrected chi connectivity index (χ2v) is 7.25. The van der Waals surface area contributed by atoms with E-state index < -0.39 is 5.97 Å². The summed E-state index contributed by atoms with van der Waals surface area (Å²) in [5.74, 6) is 0.980. The Kier molecular flexibility index (Phi) is 5.74. The zero-order chi connectivity index (χ0) is 20.4. The predicted molar refractivity (Wildman–Crippen MR) is 104 cm³/mol. The lowest BCUT2D eigenvalue weighted by atomic mass is 10.0. The highest BCUT2D eigenvalue weighted by Crippen LogP contribution is 2.30. The molecule has 0 saturated heterocycles. The van der Waals surface area contributed by atoms with Crippen LogP contribution in [0.1, 0.15) is 39.0 Å². The van der Waals surface area contributed by atoms with Crippen molar-refractivity contribution in [3.63, 3.8) is 0 Å². The minimum Gasteiger partial charge on any atom is -0.486 e. The van der Waals surface area contributed by atoms with Gasteiger partial charge in [-0.25, -0.2) is 4.79 Å². The molecule has 0 radical (unpaired) electrons. The topological polar surface area (TPSA) is 82.1 Å². The number of nitrogens with one attached hydrogen (secondary N) is 2. The number of ketones is 1. The van der Waals surface area contributed by atoms with Crippen molar-refractivity contribution >= 4 is 11.8 Å². The third-order valence-electron chi connectivity index (χ3n) is 5.32. The molecule has 2 heterocycles. The van der Waals surface area contributed by atoms with E-state index in [4.69, 9.17) is 14.2 Å². The molecule has 0 spiro atoms. The molecule has 0 bridgehead atoms. The highest BCUT2D eigenvalue weighted by Gasteiger charge is 2.32. The molecular formula is C21H27N2O5+. The van der Waals surface area contributed by atoms with Crippen LogP contribution in [0.15, 0.2) is 24.3 Å². The van der Waals surface area contributed by atoms with Gasteiger partial charge in [0.15, 0.2) is 17.6 Å². The monoisotopic (exact) mass is 387 g/mol. The number of aromatic amines is 1. The summed E-state index contributed by atoms with van der Waals surface area (Å²) in [7, 11) is 3.29. The summed E-state index contributed by atoms with van der Waals surface area (Å²) >= 11 is 0. The molecule has 7 nitrogen and oxygen atoms in total. The van der Waals surface area contributed by atoms with Crippen molar-refractivity contribution in [2.75, 3.05) is 27.3 Å². The highest BCUT2D eigenvalue weighted by atomic mass is 16.6. The minimum absolute atomic E-state index is 0.0506. The average Bonchev–Trinajstić information content (AvgIpc) is 3.00. The van der Waals surface area contributed by atoms with E-state index in [1.54, 1.807) is 13.8 Å². The Balaban J connectivity index is 1.69. The molecule has 1 aromatic carbocycles. The van der Waals surface area contributed by atoms with Gasteiger partial charge < -0.3 is 24.1 Å². The number of carbonyl (C=O) groups is 2. The number of hydrogen-bond acceptors (Lipinski definition) is 5. The number of ether oxygens (including phenoxy) is 3. The van der Waals surface area contributed by atoms with E-state index in [0.717, 1.165) is 16.4 Å². The van der Waals surface area contributed by atoms with Gasteiger partial charge in [-0.1, -0.05) is 12.1 Å². The SMILES string of the molecule is COC(=O)c1c(C)[nH]c(C(=O)[C@H](C)[NH+](C)C[C@@H]2COc3ccccc3O2)c1C. The number of para-hydroxylation sites is 2. The molecule has 28 heavy (non-hydrogen) atoms. The molecular weight excluding hydrogens is 360 g/mol. The molecule has 2 N–H and O–H groups in total. The van der Waals surface area contributed by atoms with E-state index in [1.165, 1.54) is 7.11 Å². The maximum atomic E-state index is 13.0. The summed E-state index contributed by atoms with van der Waals surface area (Å²) in [6.45, 7) is 6.47. The molecule has 1 aliphatic rings. The number of fused-ring (bicyclic) bond motifs is 1. The quantitative estimate of drug-likeness (QED) is 0.578. The number of likely N-dealkylation sites (N-methyl/N-ethyl adjacent to an activating group) is 1. The van der Waals surface area contributed by atoms with E-state index in [1.807, 2.05) is 38.2 Å². The molecule has 2 aromatic rings. The van der Waals surface area contributed by atoms with Gasteiger partial charge in [0.25, 0.3) is 0 Å². The summed E-state index contributed by atoms with van der Waals surface area (Å²) in [6, 6.07) is 7.25. The number of esters is 1. The summed E-state index contributed by atoms with van der Waals surface area (Å²) < 4.78 is 16.6. The summed E-state index contributed by atoms with van der Waals surface area (Å²) in [5.41, 5.74) is 2.14. The standard InChI is InChI=1S/C21H26N2O5/c1-12-18(21(25)26-5)13(2)22-19(12)20(24)14(3)23(4)10-15-11-27-16-8-6-7-9-17(16)28-15/h6-9,14-15,22H,10-11H2,1-5H3/p+1/t14-,15+/m0/s1. The highest BCUT2D eigenvalue weighted by molar-refractivity contribution is 6.03. The third-order valence-corrected chi connectivity index (χ3v) is 5.32. The number of methoxy groups -OCH3 is 1. The van der Waals surface area contributed by atoms with Gasteiger partial charge in [0.2, 0.25) is 5.78 Å². The molecule has 3 rings (SSSR count). The molecule has 0 aliphatic carbocycles. The van der Waals surface area contributed by atoms with Crippen LogP contribution in [0, 0.1) is 13.8 Å². The lowest BCUT2D eigenvalue weighted by Gasteiger charge is -2.29. The Morgan fingerprint density at radius 3 is 2.64 bits per heavy atom. The van der Waals surface area contributed by atoms with Gasteiger partial charge in [-0.2, -0.15) is 0 Å². The summed E-state index contributed by atoms with van der Waals surface area (Å²) in [5, 5.41) is 0. The van der Waals surface area contributed by atoms with Crippen molar-refractivity contribution in [2.24, 2.45) is 0 Å². The number of carbonyl (C=O) groups excluding carboxylic acids is 2. The minimum atomic E-state index is -0.440. The van der Waals surface area contributed by atoms with Gasteiger partial charge >= 0.3 is 5.97 Å². The molecule has 1 unspecified atom stereocenters.